The summed E-state index contributed by atoms with van der Waals surface area (Å²) >= 11 is 1.79. The zero-order chi connectivity index (χ0) is 25.8. The van der Waals surface area contributed by atoms with Crippen molar-refractivity contribution in [2.45, 2.75) is 56.4 Å². The molecule has 1 saturated carbocycles. The van der Waals surface area contributed by atoms with Crippen LogP contribution in [0.1, 0.15) is 56.1 Å². The van der Waals surface area contributed by atoms with Crippen molar-refractivity contribution in [3.05, 3.63) is 98.1 Å². The van der Waals surface area contributed by atoms with Gasteiger partial charge in [-0.15, -0.1) is 0 Å². The molecule has 3 aliphatic rings. The molecule has 0 bridgehead atoms. The molecule has 0 aromatic heterocycles. The predicted octanol–water partition coefficient (Wildman–Crippen LogP) is 6.59. The number of nitriles is 1. The summed E-state index contributed by atoms with van der Waals surface area (Å²) in [7, 11) is 0. The minimum atomic E-state index is -0.437. The first kappa shape index (κ1) is 24.9. The van der Waals surface area contributed by atoms with Crippen molar-refractivity contribution >= 4 is 23.8 Å². The van der Waals surface area contributed by atoms with Crippen LogP contribution in [-0.4, -0.2) is 27.7 Å². The zero-order valence-corrected chi connectivity index (χ0v) is 21.4. The van der Waals surface area contributed by atoms with Gasteiger partial charge in [0.05, 0.1) is 27.2 Å². The maximum atomic E-state index is 11.3. The highest BCUT2D eigenvalue weighted by Crippen LogP contribution is 2.61. The van der Waals surface area contributed by atoms with E-state index in [1.54, 1.807) is 23.9 Å². The lowest BCUT2D eigenvalue weighted by Gasteiger charge is -2.42. The van der Waals surface area contributed by atoms with E-state index in [1.807, 2.05) is 25.1 Å². The van der Waals surface area contributed by atoms with Gasteiger partial charge in [-0.05, 0) is 30.9 Å². The Balaban J connectivity index is 1.63. The Bertz CT molecular complexity index is 1290. The van der Waals surface area contributed by atoms with Gasteiger partial charge < -0.3 is 14.4 Å². The molecule has 37 heavy (non-hydrogen) atoms. The van der Waals surface area contributed by atoms with Crippen molar-refractivity contribution in [1.82, 2.24) is 4.90 Å². The molecule has 1 atom stereocenters. The summed E-state index contributed by atoms with van der Waals surface area (Å²) in [4.78, 5) is 18.4. The molecule has 5 rings (SSSR count). The maximum absolute atomic E-state index is 11.3. The fourth-order valence-electron chi connectivity index (χ4n) is 5.24. The molecule has 8 nitrogen and oxygen atoms in total. The van der Waals surface area contributed by atoms with Gasteiger partial charge in [0.15, 0.2) is 6.40 Å². The van der Waals surface area contributed by atoms with Crippen LogP contribution in [0.4, 0.5) is 5.69 Å². The SMILES string of the molecule is CCO/C=N/C1=C(C#N)C(c2ccc([N+](=O)[O-])cc2)C2=C(O1)N(Cc1ccccc1)C1(CCCCC1)S2. The van der Waals surface area contributed by atoms with Crippen LogP contribution in [0.2, 0.25) is 0 Å². The smallest absolute Gasteiger partial charge is 0.269 e. The van der Waals surface area contributed by atoms with E-state index < -0.39 is 10.8 Å². The van der Waals surface area contributed by atoms with Crippen LogP contribution in [0.5, 0.6) is 0 Å². The number of thioether (sulfide) groups is 1. The molecule has 0 radical (unpaired) electrons. The molecule has 1 spiro atoms. The highest BCUT2D eigenvalue weighted by molar-refractivity contribution is 8.04. The van der Waals surface area contributed by atoms with Crippen LogP contribution in [-0.2, 0) is 16.0 Å². The van der Waals surface area contributed by atoms with Gasteiger partial charge in [0, 0.05) is 18.7 Å². The summed E-state index contributed by atoms with van der Waals surface area (Å²) in [5, 5.41) is 21.5. The predicted molar refractivity (Wildman–Crippen MR) is 142 cm³/mol. The molecule has 0 amide bonds. The van der Waals surface area contributed by atoms with Gasteiger partial charge in [0.2, 0.25) is 11.8 Å². The Morgan fingerprint density at radius 1 is 1.22 bits per heavy atom. The Labute approximate surface area is 220 Å². The van der Waals surface area contributed by atoms with Crippen molar-refractivity contribution in [3.63, 3.8) is 0 Å². The van der Waals surface area contributed by atoms with Crippen LogP contribution in [0.3, 0.4) is 0 Å². The number of nitro benzene ring substituents is 1. The third kappa shape index (κ3) is 4.81. The second kappa shape index (κ2) is 10.7. The number of nitro groups is 1. The molecule has 0 N–H and O–H groups in total. The summed E-state index contributed by atoms with van der Waals surface area (Å²) in [6.07, 6.45) is 6.76. The summed E-state index contributed by atoms with van der Waals surface area (Å²) in [5.41, 5.74) is 2.34. The molecule has 2 aromatic carbocycles. The van der Waals surface area contributed by atoms with E-state index in [1.165, 1.54) is 30.5 Å². The van der Waals surface area contributed by atoms with E-state index in [0.717, 1.165) is 36.2 Å². The van der Waals surface area contributed by atoms with E-state index >= 15 is 0 Å². The minimum absolute atomic E-state index is 0.00983. The standard InChI is InChI=1S/C28H28N4O4S/c1-2-35-19-30-26-23(17-29)24(21-11-13-22(14-12-21)32(33)34)25-27(36-26)31(18-20-9-5-3-6-10-20)28(37-25)15-7-4-8-16-28/h3,5-6,9-14,19,24H,2,4,7-8,15-16,18H2,1H3/b30-19+. The van der Waals surface area contributed by atoms with Crippen LogP contribution >= 0.6 is 11.8 Å². The lowest BCUT2D eigenvalue weighted by atomic mass is 9.89. The van der Waals surface area contributed by atoms with E-state index in [2.05, 4.69) is 28.1 Å². The highest BCUT2D eigenvalue weighted by Gasteiger charge is 2.52. The fourth-order valence-corrected chi connectivity index (χ4v) is 7.01. The van der Waals surface area contributed by atoms with Gasteiger partial charge in [-0.1, -0.05) is 73.5 Å². The van der Waals surface area contributed by atoms with E-state index in [4.69, 9.17) is 9.47 Å². The Morgan fingerprint density at radius 2 is 1.95 bits per heavy atom. The normalized spacial score (nSPS) is 20.6. The summed E-state index contributed by atoms with van der Waals surface area (Å²) in [6.45, 7) is 2.97. The average Bonchev–Trinajstić information content (AvgIpc) is 3.20. The van der Waals surface area contributed by atoms with Gasteiger partial charge in [-0.25, -0.2) is 0 Å². The number of rotatable bonds is 7. The van der Waals surface area contributed by atoms with Gasteiger partial charge in [0.1, 0.15) is 11.6 Å². The molecular formula is C28H28N4O4S. The van der Waals surface area contributed by atoms with Crippen molar-refractivity contribution in [1.29, 1.82) is 5.26 Å². The second-order valence-corrected chi connectivity index (χ2v) is 10.7. The monoisotopic (exact) mass is 516 g/mol. The van der Waals surface area contributed by atoms with Gasteiger partial charge >= 0.3 is 0 Å². The van der Waals surface area contributed by atoms with Gasteiger partial charge in [-0.3, -0.25) is 10.1 Å². The van der Waals surface area contributed by atoms with Crippen LogP contribution in [0.15, 0.2) is 81.8 Å². The number of aliphatic imine (C=N–C) groups is 1. The summed E-state index contributed by atoms with van der Waals surface area (Å²) in [5.74, 6) is 0.472. The number of non-ortho nitro benzene ring substituents is 1. The lowest BCUT2D eigenvalue weighted by Crippen LogP contribution is -2.43. The topological polar surface area (TPSA) is 101 Å². The van der Waals surface area contributed by atoms with Crippen molar-refractivity contribution in [3.8, 4) is 6.07 Å². The number of ether oxygens (including phenoxy) is 2. The molecule has 2 aromatic rings. The van der Waals surface area contributed by atoms with Crippen molar-refractivity contribution in [2.75, 3.05) is 6.61 Å². The molecule has 2 heterocycles. The van der Waals surface area contributed by atoms with Crippen molar-refractivity contribution < 1.29 is 14.4 Å². The maximum Gasteiger partial charge on any atom is 0.269 e. The Hall–Kier alpha value is -3.77. The quantitative estimate of drug-likeness (QED) is 0.177. The molecule has 2 aliphatic heterocycles. The van der Waals surface area contributed by atoms with Crippen LogP contribution < -0.4 is 0 Å². The molecule has 0 saturated heterocycles. The van der Waals surface area contributed by atoms with E-state index in [-0.39, 0.29) is 16.4 Å². The fraction of sp³-hybridized carbons (Fsp3) is 0.357. The third-order valence-corrected chi connectivity index (χ3v) is 8.65. The zero-order valence-electron chi connectivity index (χ0n) is 20.6. The van der Waals surface area contributed by atoms with Crippen molar-refractivity contribution in [2.24, 2.45) is 4.99 Å². The number of hydrogen-bond acceptors (Lipinski definition) is 8. The molecule has 9 heteroatoms. The molecule has 190 valence electrons. The first-order valence-electron chi connectivity index (χ1n) is 12.5. The molecule has 1 aliphatic carbocycles. The first-order valence-corrected chi connectivity index (χ1v) is 13.3. The summed E-state index contributed by atoms with van der Waals surface area (Å²) in [6, 6.07) is 19.1. The average molecular weight is 517 g/mol. The second-order valence-electron chi connectivity index (χ2n) is 9.25. The van der Waals surface area contributed by atoms with Crippen LogP contribution in [0.25, 0.3) is 0 Å². The van der Waals surface area contributed by atoms with E-state index in [0.29, 0.717) is 24.6 Å². The van der Waals surface area contributed by atoms with Gasteiger partial charge in [-0.2, -0.15) is 10.3 Å². The third-order valence-electron chi connectivity index (χ3n) is 7.01. The Kier molecular flexibility index (Phi) is 7.19. The molecule has 1 fully saturated rings. The largest absolute Gasteiger partial charge is 0.483 e. The minimum Gasteiger partial charge on any atom is -0.483 e. The highest BCUT2D eigenvalue weighted by atomic mass is 32.2. The number of hydrogen-bond donors (Lipinski definition) is 0. The molecule has 1 unspecified atom stereocenters. The van der Waals surface area contributed by atoms with E-state index in [9.17, 15) is 15.4 Å². The van der Waals surface area contributed by atoms with Crippen LogP contribution in [0, 0.1) is 21.4 Å². The number of nitrogens with zero attached hydrogens (tertiary/aromatic N) is 4. The first-order chi connectivity index (χ1) is 18.1. The van der Waals surface area contributed by atoms with Gasteiger partial charge in [0.25, 0.3) is 5.69 Å². The molecular weight excluding hydrogens is 488 g/mol. The number of benzene rings is 2. The summed E-state index contributed by atoms with van der Waals surface area (Å²) < 4.78 is 11.8. The Morgan fingerprint density at radius 3 is 2.59 bits per heavy atom. The lowest BCUT2D eigenvalue weighted by molar-refractivity contribution is -0.384. The number of allylic oxidation sites excluding steroid dienone is 2.